The van der Waals surface area contributed by atoms with E-state index in [1.54, 1.807) is 32.4 Å². The van der Waals surface area contributed by atoms with E-state index in [0.717, 1.165) is 96.9 Å². The highest BCUT2D eigenvalue weighted by molar-refractivity contribution is 7.84. The fourth-order valence-electron chi connectivity index (χ4n) is 22.7. The van der Waals surface area contributed by atoms with Crippen LogP contribution in [0.1, 0.15) is 214 Å². The Hall–Kier alpha value is -3.15. The number of carbonyl (C=O) groups is 3. The summed E-state index contributed by atoms with van der Waals surface area (Å²) in [6.45, 7) is 28.5. The van der Waals surface area contributed by atoms with Crippen molar-refractivity contribution in [2.45, 2.75) is 387 Å². The van der Waals surface area contributed by atoms with Gasteiger partial charge in [0.1, 0.15) is 122 Å². The van der Waals surface area contributed by atoms with Crippen LogP contribution in [-0.4, -0.2) is 408 Å². The van der Waals surface area contributed by atoms with Gasteiger partial charge in [0.2, 0.25) is 26.7 Å². The number of aliphatic hydroxyl groups is 10. The molecule has 48 nitrogen and oxygen atoms in total. The van der Waals surface area contributed by atoms with Crippen LogP contribution < -0.4 is 25.0 Å². The van der Waals surface area contributed by atoms with Gasteiger partial charge in [-0.05, 0) is 166 Å². The van der Waals surface area contributed by atoms with E-state index < -0.39 is 319 Å². The van der Waals surface area contributed by atoms with E-state index in [4.69, 9.17) is 84.2 Å². The Morgan fingerprint density at radius 2 is 0.674 bits per heavy atom. The molecule has 138 heavy (non-hydrogen) atoms. The first-order valence-corrected chi connectivity index (χ1v) is 50.2. The minimum atomic E-state index is -6.18. The zero-order valence-corrected chi connectivity index (χ0v) is 88.8. The lowest BCUT2D eigenvalue weighted by Gasteiger charge is -2.71. The topological polar surface area (TPSA) is 731 Å². The minimum absolute atomic E-state index is 0.0684. The molecule has 7 heterocycles. The number of hydrogen-bond donors (Lipinski definition) is 13. The third-order valence-electron chi connectivity index (χ3n) is 35.2. The molecular formula is C86H153N3O45S4-6. The highest BCUT2D eigenvalue weighted by Gasteiger charge is 2.82. The number of methoxy groups -OCH3 is 4. The van der Waals surface area contributed by atoms with Crippen molar-refractivity contribution in [3.8, 4) is 0 Å². The van der Waals surface area contributed by atoms with Crippen molar-refractivity contribution in [2.24, 2.45) is 27.1 Å². The van der Waals surface area contributed by atoms with Crippen molar-refractivity contribution in [2.75, 3.05) is 114 Å². The lowest BCUT2D eigenvalue weighted by molar-refractivity contribution is -0.417. The van der Waals surface area contributed by atoms with Gasteiger partial charge in [0.15, 0.2) is 20.6 Å². The van der Waals surface area contributed by atoms with Gasteiger partial charge in [0.05, 0.1) is 170 Å². The highest BCUT2D eigenvalue weighted by Crippen LogP contribution is 2.67. The maximum Gasteiger partial charge on any atom is 0.218 e. The number of ether oxygens (including phenoxy) is 16. The van der Waals surface area contributed by atoms with E-state index in [9.17, 15) is 128 Å². The molecule has 52 heteroatoms. The van der Waals surface area contributed by atoms with Crippen LogP contribution in [0.5, 0.6) is 0 Å². The maximum atomic E-state index is 14.0. The Morgan fingerprint density at radius 1 is 0.341 bits per heavy atom. The average molecular weight is 2080 g/mol. The van der Waals surface area contributed by atoms with Gasteiger partial charge in [-0.3, -0.25) is 13.2 Å². The second-order valence-corrected chi connectivity index (χ2v) is 48.1. The third kappa shape index (κ3) is 19.9. The van der Waals surface area contributed by atoms with Crippen LogP contribution in [-0.2, 0) is 140 Å². The predicted molar refractivity (Wildman–Crippen MR) is 471 cm³/mol. The van der Waals surface area contributed by atoms with Crippen molar-refractivity contribution in [1.29, 1.82) is 0 Å². The molecule has 7 saturated heterocycles. The Balaban J connectivity index is 0.000000922. The molecule has 0 aliphatic carbocycles. The van der Waals surface area contributed by atoms with Gasteiger partial charge >= 0.3 is 0 Å². The van der Waals surface area contributed by atoms with Crippen LogP contribution in [0.3, 0.4) is 0 Å². The monoisotopic (exact) mass is 2080 g/mol. The van der Waals surface area contributed by atoms with Crippen LogP contribution in [0.2, 0.25) is 0 Å². The molecule has 32 atom stereocenters. The minimum Gasteiger partial charge on any atom is -0.735 e. The molecule has 7 aliphatic heterocycles. The summed E-state index contributed by atoms with van der Waals surface area (Å²) < 4.78 is 268. The Bertz CT molecular complexity index is 4820. The largest absolute Gasteiger partial charge is 0.735 e. The van der Waals surface area contributed by atoms with Crippen LogP contribution >= 0.6 is 0 Å². The van der Waals surface area contributed by atoms with E-state index in [-0.39, 0.29) is 26.4 Å². The highest BCUT2D eigenvalue weighted by atomic mass is 32.3. The van der Waals surface area contributed by atoms with Gasteiger partial charge in [-0.25, -0.2) is 43.1 Å². The number of aliphatic hydroxyl groups excluding tert-OH is 5. The summed E-state index contributed by atoms with van der Waals surface area (Å²) >= 11 is 0. The summed E-state index contributed by atoms with van der Waals surface area (Å²) in [6.07, 6.45) is -9.31. The Kier molecular flexibility index (Phi) is 35.3. The fourth-order valence-corrected chi connectivity index (χ4v) is 26.0. The first-order valence-electron chi connectivity index (χ1n) is 44.7. The zero-order valence-electron chi connectivity index (χ0n) is 85.6. The molecule has 0 aromatic rings. The second-order valence-electron chi connectivity index (χ2n) is 43.9. The predicted octanol–water partition coefficient (Wildman–Crippen LogP) is -4.17. The molecule has 0 spiro atoms. The van der Waals surface area contributed by atoms with Crippen molar-refractivity contribution in [1.82, 2.24) is 14.8 Å². The van der Waals surface area contributed by atoms with Gasteiger partial charge in [-0.2, -0.15) is 0 Å². The smallest absolute Gasteiger partial charge is 0.218 e. The van der Waals surface area contributed by atoms with Gasteiger partial charge in [-0.15, -0.1) is 0 Å². The van der Waals surface area contributed by atoms with Crippen molar-refractivity contribution in [3.05, 3.63) is 0 Å². The summed E-state index contributed by atoms with van der Waals surface area (Å²) in [5.74, 6) is -4.76. The molecule has 11 unspecified atom stereocenters. The molecule has 0 aromatic heterocycles. The molecule has 13 N–H and O–H groups in total. The van der Waals surface area contributed by atoms with Crippen molar-refractivity contribution in [3.63, 3.8) is 0 Å². The van der Waals surface area contributed by atoms with E-state index in [1.807, 2.05) is 4.72 Å². The van der Waals surface area contributed by atoms with E-state index in [1.165, 1.54) is 112 Å². The maximum absolute atomic E-state index is 14.0. The van der Waals surface area contributed by atoms with E-state index in [2.05, 4.69) is 5.32 Å². The second kappa shape index (κ2) is 39.4. The number of carbonyl (C=O) groups excluding carboxylic acids is 3. The first-order chi connectivity index (χ1) is 61.5. The first kappa shape index (κ1) is 124. The molecule has 0 saturated carbocycles. The number of nitrogens with one attached hydrogen (secondary N) is 3. The normalized spacial score (nSPS) is 47.2. The molecule has 0 radical (unpaired) electrons. The Morgan fingerprint density at radius 3 is 1.07 bits per heavy atom. The number of amides is 1. The quantitative estimate of drug-likeness (QED) is 0.0205. The van der Waals surface area contributed by atoms with E-state index >= 15 is 0 Å². The summed E-state index contributed by atoms with van der Waals surface area (Å²) in [6, 6.07) is 0. The summed E-state index contributed by atoms with van der Waals surface area (Å²) in [5, 5.41) is 146. The van der Waals surface area contributed by atoms with Crippen LogP contribution in [0.4, 0.5) is 0 Å². The van der Waals surface area contributed by atoms with Gasteiger partial charge in [0.25, 0.3) is 0 Å². The number of aliphatic carboxylic acids is 2. The van der Waals surface area contributed by atoms with Crippen molar-refractivity contribution >= 4 is 59.3 Å². The van der Waals surface area contributed by atoms with Crippen molar-refractivity contribution < 1.29 is 212 Å². The standard InChI is InChI=1S/C69H127N3O35S4.C17H32O10/c1-42(73)70-60(20)54(14,102-45(2,3)48(8,32-95-30)63(60,23)78)38-99-35-51(11)58(18,43(74)75)104-56(16,67(27,82)65(51,25)80)40-98-34-50(10)47(6,7)103-55(15,62(22,72-109(86,87)88)68(50,28)106-110(89,90)91)39-100-36-52(12)59(19,44(76)77)105-57(17,69(29,66(52,26)81)107-111(92,93)94)41-97-33-49(9)46(4,5)101-53(13,37-96-31)61(21,64(49,24)79)71-108(83,84)85;1-4-8-12(18)15(21)13(19)9(26-8)6-25-7-10-14(20)16(22)17(24-3)11(27-10)5-23-2/h71-72,78-82H,32-41H2,1-31H3,(H,70,73)(H,74,75)(H,76,77)(H,83,84,85)(H,86,87,88)(H,89,90,91)(H,92,93,94);8-22H,4-7H2,1-3H3/p-6/t48-,49-,50-,51-,52-,53-,54-,55-,56+,57+,58?,59?,60?,61?,62?,63-,64-,65-,66-,67?,68-,69?;8-,9?,10-,11?,12?,13-,14?,15+,16+,17-/m11/s1. The number of carboxylic acids is 2. The van der Waals surface area contributed by atoms with Gasteiger partial charge in [-0.1, -0.05) is 41.5 Å². The molecule has 812 valence electrons. The number of carboxylic acid groups (broad SMARTS) is 2. The van der Waals surface area contributed by atoms with E-state index in [0.29, 0.717) is 6.42 Å². The number of rotatable bonds is 39. The molecule has 7 aliphatic rings. The summed E-state index contributed by atoms with van der Waals surface area (Å²) in [5.41, 5.74) is -58.9. The molecule has 7 fully saturated rings. The summed E-state index contributed by atoms with van der Waals surface area (Å²) in [7, 11) is -18.1. The molecule has 0 bridgehead atoms. The molecule has 1 amide bonds. The lowest BCUT2D eigenvalue weighted by Crippen LogP contribution is -2.87. The molecular weight excluding hydrogens is 1920 g/mol. The lowest BCUT2D eigenvalue weighted by atomic mass is 9.51. The van der Waals surface area contributed by atoms with Crippen LogP contribution in [0, 0.1) is 27.1 Å². The summed E-state index contributed by atoms with van der Waals surface area (Å²) in [4.78, 5) is 40.9. The molecule has 7 rings (SSSR count). The van der Waals surface area contributed by atoms with Gasteiger partial charge in [0, 0.05) is 40.8 Å². The Labute approximate surface area is 810 Å². The van der Waals surface area contributed by atoms with Crippen LogP contribution in [0.25, 0.3) is 0 Å². The zero-order chi connectivity index (χ0) is 108. The third-order valence-corrected chi connectivity index (χ3v) is 37.6. The van der Waals surface area contributed by atoms with Gasteiger partial charge < -0.3 is 170 Å². The molecule has 0 aromatic carbocycles. The number of hydrogen-bond acceptors (Lipinski definition) is 45. The van der Waals surface area contributed by atoms with Crippen LogP contribution in [0.15, 0.2) is 0 Å². The average Bonchev–Trinajstić information content (AvgIpc) is 0.429. The SMILES string of the molecule is CC[C@H]1OC(COC[C@H]2OC(COC)[C@@H](OC)[C@@H](O)C2O)[C@@H](O)[C@@H](O)C1O.COC[C@@]1(C)OC(C)(C)[C@@](C)(COC[C@]2(C)OC(C)(C(=O)[O-])[C@@](C)(COC[C@@]3(C)OC(C)(C)[C@@](C)(COC[C@]4(C)OC(C)(C(=O)[O-])[C@@](C)(COC[C@@]5(C)OC(C)(C)[C@@](C)(COC)[C@@](C)(O)C5(C)NC(C)=O)[C@@](C)(O)C4(C)O)[C@@](C)(OS(=O)(=O)[O-])C3(C)NS(=O)(=O)[O-])[C@@](C)(O)C2(C)OS(=O)(=O)[O-])[C@@](C)(O)C1(C)NS(=O)(=O)[O-]. The fraction of sp³-hybridized carbons (Fsp3) is 0.965.